The van der Waals surface area contributed by atoms with Crippen LogP contribution in [0.3, 0.4) is 0 Å². The summed E-state index contributed by atoms with van der Waals surface area (Å²) in [5, 5.41) is 1.06. The summed E-state index contributed by atoms with van der Waals surface area (Å²) in [4.78, 5) is 25.4. The Morgan fingerprint density at radius 1 is 1.08 bits per heavy atom. The van der Waals surface area contributed by atoms with Gasteiger partial charge in [-0.15, -0.1) is 0 Å². The maximum absolute atomic E-state index is 5.49. The summed E-state index contributed by atoms with van der Waals surface area (Å²) >= 11 is 0. The van der Waals surface area contributed by atoms with Crippen LogP contribution in [0.5, 0.6) is 5.88 Å². The molecule has 1 saturated heterocycles. The third-order valence-corrected chi connectivity index (χ3v) is 4.32. The van der Waals surface area contributed by atoms with E-state index < -0.39 is 0 Å². The standard InChI is InChI=1S/C17H21N7O/c1-2-25-14-5-7-19-17(22-14)24-9-3-8-23(10-11-24)16-13-4-6-18-15(13)20-12-21-16/h4-7,12H,2-3,8-11H2,1H3,(H,18,20,21). The van der Waals surface area contributed by atoms with Crippen LogP contribution < -0.4 is 14.5 Å². The molecule has 1 N–H and O–H groups in total. The summed E-state index contributed by atoms with van der Waals surface area (Å²) in [7, 11) is 0. The van der Waals surface area contributed by atoms with Gasteiger partial charge in [0, 0.05) is 44.6 Å². The van der Waals surface area contributed by atoms with Crippen LogP contribution in [0.15, 0.2) is 30.9 Å². The minimum atomic E-state index is 0.602. The number of nitrogens with one attached hydrogen (secondary N) is 1. The smallest absolute Gasteiger partial charge is 0.228 e. The number of ether oxygens (including phenoxy) is 1. The fraction of sp³-hybridized carbons (Fsp3) is 0.412. The normalized spacial score (nSPS) is 15.4. The first-order valence-corrected chi connectivity index (χ1v) is 8.59. The predicted molar refractivity (Wildman–Crippen MR) is 96.1 cm³/mol. The minimum Gasteiger partial charge on any atom is -0.478 e. The zero-order chi connectivity index (χ0) is 17.1. The highest BCUT2D eigenvalue weighted by molar-refractivity contribution is 5.87. The van der Waals surface area contributed by atoms with Crippen LogP contribution in [0.4, 0.5) is 11.8 Å². The molecule has 3 aromatic heterocycles. The lowest BCUT2D eigenvalue weighted by Crippen LogP contribution is -2.32. The lowest BCUT2D eigenvalue weighted by molar-refractivity contribution is 0.326. The summed E-state index contributed by atoms with van der Waals surface area (Å²) in [6.45, 7) is 6.11. The molecule has 130 valence electrons. The monoisotopic (exact) mass is 339 g/mol. The van der Waals surface area contributed by atoms with Crippen LogP contribution in [-0.4, -0.2) is 57.7 Å². The van der Waals surface area contributed by atoms with E-state index in [1.165, 1.54) is 0 Å². The van der Waals surface area contributed by atoms with Gasteiger partial charge in [-0.2, -0.15) is 4.98 Å². The molecule has 3 aromatic rings. The number of H-pyrrole nitrogens is 1. The van der Waals surface area contributed by atoms with Crippen molar-refractivity contribution in [3.8, 4) is 5.88 Å². The first-order chi connectivity index (χ1) is 12.3. The SMILES string of the molecule is CCOc1ccnc(N2CCCN(c3ncnc4[nH]ccc34)CC2)n1. The molecule has 8 heteroatoms. The quantitative estimate of drug-likeness (QED) is 0.777. The lowest BCUT2D eigenvalue weighted by Gasteiger charge is -2.23. The zero-order valence-corrected chi connectivity index (χ0v) is 14.2. The third-order valence-electron chi connectivity index (χ3n) is 4.32. The van der Waals surface area contributed by atoms with Crippen molar-refractivity contribution in [1.29, 1.82) is 0 Å². The Hall–Kier alpha value is -2.90. The van der Waals surface area contributed by atoms with Crippen LogP contribution in [0.2, 0.25) is 0 Å². The van der Waals surface area contributed by atoms with E-state index >= 15 is 0 Å². The van der Waals surface area contributed by atoms with Gasteiger partial charge in [0.2, 0.25) is 11.8 Å². The largest absolute Gasteiger partial charge is 0.478 e. The molecule has 0 aliphatic carbocycles. The molecule has 0 saturated carbocycles. The molecular weight excluding hydrogens is 318 g/mol. The molecule has 0 bridgehead atoms. The average Bonchev–Trinajstić information content (AvgIpc) is 2.99. The van der Waals surface area contributed by atoms with Crippen molar-refractivity contribution in [2.45, 2.75) is 13.3 Å². The Balaban J connectivity index is 1.52. The topological polar surface area (TPSA) is 83.1 Å². The van der Waals surface area contributed by atoms with Crippen molar-refractivity contribution in [3.63, 3.8) is 0 Å². The number of rotatable bonds is 4. The van der Waals surface area contributed by atoms with Gasteiger partial charge in [0.25, 0.3) is 0 Å². The number of aromatic amines is 1. The van der Waals surface area contributed by atoms with Crippen LogP contribution >= 0.6 is 0 Å². The Morgan fingerprint density at radius 3 is 2.88 bits per heavy atom. The first-order valence-electron chi connectivity index (χ1n) is 8.59. The highest BCUT2D eigenvalue weighted by atomic mass is 16.5. The Bertz CT molecular complexity index is 850. The van der Waals surface area contributed by atoms with Gasteiger partial charge in [-0.05, 0) is 19.4 Å². The van der Waals surface area contributed by atoms with Gasteiger partial charge < -0.3 is 19.5 Å². The Labute approximate surface area is 145 Å². The predicted octanol–water partition coefficient (Wildman–Crippen LogP) is 1.86. The zero-order valence-electron chi connectivity index (χ0n) is 14.2. The van der Waals surface area contributed by atoms with E-state index in [0.29, 0.717) is 12.5 Å². The fourth-order valence-corrected chi connectivity index (χ4v) is 3.15. The number of nitrogens with zero attached hydrogens (tertiary/aromatic N) is 6. The van der Waals surface area contributed by atoms with Gasteiger partial charge in [-0.25, -0.2) is 15.0 Å². The molecule has 0 radical (unpaired) electrons. The highest BCUT2D eigenvalue weighted by Gasteiger charge is 2.20. The van der Waals surface area contributed by atoms with Gasteiger partial charge >= 0.3 is 0 Å². The molecule has 8 nitrogen and oxygen atoms in total. The highest BCUT2D eigenvalue weighted by Crippen LogP contribution is 2.24. The van der Waals surface area contributed by atoms with Gasteiger partial charge in [-0.1, -0.05) is 0 Å². The second-order valence-corrected chi connectivity index (χ2v) is 5.89. The van der Waals surface area contributed by atoms with E-state index in [4.69, 9.17) is 4.74 Å². The summed E-state index contributed by atoms with van der Waals surface area (Å²) in [6, 6.07) is 3.82. The molecule has 0 spiro atoms. The van der Waals surface area contributed by atoms with Crippen molar-refractivity contribution in [2.75, 3.05) is 42.6 Å². The molecule has 0 amide bonds. The summed E-state index contributed by atoms with van der Waals surface area (Å²) in [5.74, 6) is 2.33. The number of hydrogen-bond donors (Lipinski definition) is 1. The summed E-state index contributed by atoms with van der Waals surface area (Å²) < 4.78 is 5.49. The van der Waals surface area contributed by atoms with E-state index in [0.717, 1.165) is 55.4 Å². The van der Waals surface area contributed by atoms with Crippen molar-refractivity contribution >= 4 is 22.8 Å². The summed E-state index contributed by atoms with van der Waals surface area (Å²) in [5.41, 5.74) is 0.874. The molecule has 25 heavy (non-hydrogen) atoms. The molecule has 0 unspecified atom stereocenters. The molecule has 1 fully saturated rings. The van der Waals surface area contributed by atoms with E-state index in [1.807, 2.05) is 19.2 Å². The van der Waals surface area contributed by atoms with Crippen LogP contribution in [0, 0.1) is 0 Å². The molecule has 1 aliphatic rings. The fourth-order valence-electron chi connectivity index (χ4n) is 3.15. The lowest BCUT2D eigenvalue weighted by atomic mass is 10.3. The molecule has 4 heterocycles. The first kappa shape index (κ1) is 15.6. The number of hydrogen-bond acceptors (Lipinski definition) is 7. The number of anilines is 2. The van der Waals surface area contributed by atoms with Crippen LogP contribution in [-0.2, 0) is 0 Å². The molecular formula is C17H21N7O. The van der Waals surface area contributed by atoms with Crippen molar-refractivity contribution in [3.05, 3.63) is 30.9 Å². The maximum Gasteiger partial charge on any atom is 0.228 e. The van der Waals surface area contributed by atoms with Gasteiger partial charge in [-0.3, -0.25) is 0 Å². The van der Waals surface area contributed by atoms with Gasteiger partial charge in [0.15, 0.2) is 0 Å². The van der Waals surface area contributed by atoms with E-state index in [-0.39, 0.29) is 0 Å². The molecule has 4 rings (SSSR count). The third kappa shape index (κ3) is 3.19. The van der Waals surface area contributed by atoms with Gasteiger partial charge in [0.1, 0.15) is 17.8 Å². The number of fused-ring (bicyclic) bond motifs is 1. The Kier molecular flexibility index (Phi) is 4.32. The second-order valence-electron chi connectivity index (χ2n) is 5.89. The van der Waals surface area contributed by atoms with E-state index in [2.05, 4.69) is 34.7 Å². The van der Waals surface area contributed by atoms with Crippen molar-refractivity contribution in [2.24, 2.45) is 0 Å². The second kappa shape index (κ2) is 6.92. The molecule has 0 aromatic carbocycles. The van der Waals surface area contributed by atoms with E-state index in [9.17, 15) is 0 Å². The Morgan fingerprint density at radius 2 is 1.96 bits per heavy atom. The average molecular weight is 339 g/mol. The maximum atomic E-state index is 5.49. The molecule has 0 atom stereocenters. The van der Waals surface area contributed by atoms with Gasteiger partial charge in [0.05, 0.1) is 12.0 Å². The van der Waals surface area contributed by atoms with Crippen LogP contribution in [0.25, 0.3) is 11.0 Å². The minimum absolute atomic E-state index is 0.602. The summed E-state index contributed by atoms with van der Waals surface area (Å²) in [6.07, 6.45) is 6.29. The van der Waals surface area contributed by atoms with E-state index in [1.54, 1.807) is 18.6 Å². The number of aromatic nitrogens is 5. The van der Waals surface area contributed by atoms with Crippen molar-refractivity contribution < 1.29 is 4.74 Å². The molecule has 1 aliphatic heterocycles. The van der Waals surface area contributed by atoms with Crippen molar-refractivity contribution in [1.82, 2.24) is 24.9 Å². The van der Waals surface area contributed by atoms with Crippen LogP contribution in [0.1, 0.15) is 13.3 Å².